The smallest absolute Gasteiger partial charge is 0.328 e. The SMILES string of the molecule is O=C(ON1C(=O)Cc2ccccc21)c1ccc2ncccc2c1. The molecule has 1 aliphatic heterocycles. The monoisotopic (exact) mass is 304 g/mol. The summed E-state index contributed by atoms with van der Waals surface area (Å²) in [5, 5.41) is 1.92. The molecule has 0 saturated carbocycles. The fourth-order valence-corrected chi connectivity index (χ4v) is 2.67. The number of anilines is 1. The second-order valence-corrected chi connectivity index (χ2v) is 5.28. The Labute approximate surface area is 132 Å². The minimum absolute atomic E-state index is 0.241. The molecule has 4 rings (SSSR count). The van der Waals surface area contributed by atoms with Gasteiger partial charge in [0.15, 0.2) is 0 Å². The van der Waals surface area contributed by atoms with Crippen LogP contribution in [0.2, 0.25) is 0 Å². The van der Waals surface area contributed by atoms with Gasteiger partial charge in [-0.2, -0.15) is 0 Å². The fourth-order valence-electron chi connectivity index (χ4n) is 2.67. The maximum absolute atomic E-state index is 12.4. The van der Waals surface area contributed by atoms with Crippen LogP contribution in [0.1, 0.15) is 15.9 Å². The van der Waals surface area contributed by atoms with Crippen molar-refractivity contribution in [3.05, 3.63) is 71.9 Å². The summed E-state index contributed by atoms with van der Waals surface area (Å²) in [5.74, 6) is -0.817. The Morgan fingerprint density at radius 2 is 1.96 bits per heavy atom. The van der Waals surface area contributed by atoms with Gasteiger partial charge in [0.1, 0.15) is 0 Å². The standard InChI is InChI=1S/C18H12N2O3/c21-17-11-13-4-1-2-6-16(13)20(17)23-18(22)14-7-8-15-12(10-14)5-3-9-19-15/h1-10H,11H2. The van der Waals surface area contributed by atoms with Crippen LogP contribution >= 0.6 is 0 Å². The zero-order valence-electron chi connectivity index (χ0n) is 12.1. The molecule has 112 valence electrons. The largest absolute Gasteiger partial charge is 0.363 e. The number of fused-ring (bicyclic) bond motifs is 2. The van der Waals surface area contributed by atoms with Crippen LogP contribution in [0, 0.1) is 0 Å². The molecule has 0 spiro atoms. The summed E-state index contributed by atoms with van der Waals surface area (Å²) >= 11 is 0. The van der Waals surface area contributed by atoms with E-state index in [2.05, 4.69) is 4.98 Å². The summed E-state index contributed by atoms with van der Waals surface area (Å²) in [7, 11) is 0. The molecular weight excluding hydrogens is 292 g/mol. The first-order valence-electron chi connectivity index (χ1n) is 7.20. The van der Waals surface area contributed by atoms with E-state index in [1.807, 2.05) is 18.2 Å². The third-order valence-electron chi connectivity index (χ3n) is 3.79. The minimum Gasteiger partial charge on any atom is -0.328 e. The quantitative estimate of drug-likeness (QED) is 0.730. The highest BCUT2D eigenvalue weighted by atomic mass is 16.7. The molecule has 0 N–H and O–H groups in total. The Morgan fingerprint density at radius 3 is 2.87 bits per heavy atom. The van der Waals surface area contributed by atoms with E-state index in [1.165, 1.54) is 0 Å². The lowest BCUT2D eigenvalue weighted by Crippen LogP contribution is -2.30. The molecule has 0 unspecified atom stereocenters. The number of hydrogen-bond acceptors (Lipinski definition) is 4. The van der Waals surface area contributed by atoms with E-state index in [0.717, 1.165) is 21.5 Å². The summed E-state index contributed by atoms with van der Waals surface area (Å²) in [5.41, 5.74) is 2.65. The predicted molar refractivity (Wildman–Crippen MR) is 84.8 cm³/mol. The average molecular weight is 304 g/mol. The Kier molecular flexibility index (Phi) is 3.05. The molecule has 23 heavy (non-hydrogen) atoms. The summed E-state index contributed by atoms with van der Waals surface area (Å²) < 4.78 is 0. The number of para-hydroxylation sites is 1. The number of aromatic nitrogens is 1. The lowest BCUT2D eigenvalue weighted by atomic mass is 10.1. The van der Waals surface area contributed by atoms with Gasteiger partial charge in [0, 0.05) is 11.6 Å². The van der Waals surface area contributed by atoms with Gasteiger partial charge in [-0.1, -0.05) is 24.3 Å². The second-order valence-electron chi connectivity index (χ2n) is 5.28. The van der Waals surface area contributed by atoms with Crippen molar-refractivity contribution >= 4 is 28.5 Å². The topological polar surface area (TPSA) is 59.5 Å². The lowest BCUT2D eigenvalue weighted by Gasteiger charge is -2.16. The van der Waals surface area contributed by atoms with Crippen LogP contribution in [0.25, 0.3) is 10.9 Å². The molecule has 5 nitrogen and oxygen atoms in total. The Balaban J connectivity index is 1.63. The van der Waals surface area contributed by atoms with Crippen LogP contribution in [0.15, 0.2) is 60.8 Å². The Morgan fingerprint density at radius 1 is 1.09 bits per heavy atom. The van der Waals surface area contributed by atoms with Crippen LogP contribution < -0.4 is 5.06 Å². The first-order valence-corrected chi connectivity index (χ1v) is 7.20. The van der Waals surface area contributed by atoms with Gasteiger partial charge in [-0.15, -0.1) is 5.06 Å². The van der Waals surface area contributed by atoms with Crippen molar-refractivity contribution in [1.82, 2.24) is 4.98 Å². The van der Waals surface area contributed by atoms with E-state index in [1.54, 1.807) is 42.6 Å². The van der Waals surface area contributed by atoms with Crippen molar-refractivity contribution in [2.75, 3.05) is 5.06 Å². The molecule has 0 saturated heterocycles. The number of amides is 1. The summed E-state index contributed by atoms with van der Waals surface area (Å²) in [6.07, 6.45) is 1.94. The highest BCUT2D eigenvalue weighted by molar-refractivity contribution is 6.03. The molecule has 3 aromatic rings. The molecule has 2 heterocycles. The summed E-state index contributed by atoms with van der Waals surface area (Å²) in [4.78, 5) is 33.9. The van der Waals surface area contributed by atoms with Crippen molar-refractivity contribution < 1.29 is 14.4 Å². The van der Waals surface area contributed by atoms with Crippen molar-refractivity contribution in [2.24, 2.45) is 0 Å². The number of hydroxylamine groups is 1. The van der Waals surface area contributed by atoms with Crippen LogP contribution in [0.5, 0.6) is 0 Å². The molecule has 0 aliphatic carbocycles. The van der Waals surface area contributed by atoms with Gasteiger partial charge in [0.05, 0.1) is 23.2 Å². The van der Waals surface area contributed by atoms with Gasteiger partial charge >= 0.3 is 5.97 Å². The van der Waals surface area contributed by atoms with Crippen LogP contribution in [-0.2, 0) is 16.1 Å². The molecule has 0 radical (unpaired) electrons. The highest BCUT2D eigenvalue weighted by Crippen LogP contribution is 2.29. The number of hydrogen-bond donors (Lipinski definition) is 0. The van der Waals surface area contributed by atoms with Crippen molar-refractivity contribution in [2.45, 2.75) is 6.42 Å². The highest BCUT2D eigenvalue weighted by Gasteiger charge is 2.30. The maximum atomic E-state index is 12.4. The molecule has 1 aromatic heterocycles. The zero-order valence-corrected chi connectivity index (χ0v) is 12.1. The van der Waals surface area contributed by atoms with Gasteiger partial charge in [0.25, 0.3) is 5.91 Å². The van der Waals surface area contributed by atoms with Crippen LogP contribution in [-0.4, -0.2) is 16.9 Å². The van der Waals surface area contributed by atoms with Gasteiger partial charge in [0.2, 0.25) is 0 Å². The normalized spacial score (nSPS) is 13.2. The van der Waals surface area contributed by atoms with Crippen molar-refractivity contribution in [3.8, 4) is 0 Å². The molecule has 0 atom stereocenters. The Hall–Kier alpha value is -3.21. The summed E-state index contributed by atoms with van der Waals surface area (Å²) in [6.45, 7) is 0. The minimum atomic E-state index is -0.569. The molecular formula is C18H12N2O3. The maximum Gasteiger partial charge on any atom is 0.363 e. The molecule has 2 aromatic carbocycles. The van der Waals surface area contributed by atoms with Gasteiger partial charge in [-0.05, 0) is 35.9 Å². The Bertz CT molecular complexity index is 936. The number of rotatable bonds is 2. The number of pyridine rings is 1. The van der Waals surface area contributed by atoms with Crippen LogP contribution in [0.4, 0.5) is 5.69 Å². The van der Waals surface area contributed by atoms with Gasteiger partial charge < -0.3 is 4.84 Å². The molecule has 0 fully saturated rings. The van der Waals surface area contributed by atoms with Crippen molar-refractivity contribution in [1.29, 1.82) is 0 Å². The number of benzene rings is 2. The first kappa shape index (κ1) is 13.5. The predicted octanol–water partition coefficient (Wildman–Crippen LogP) is 2.90. The third-order valence-corrected chi connectivity index (χ3v) is 3.79. The van der Waals surface area contributed by atoms with Gasteiger partial charge in [-0.25, -0.2) is 4.79 Å². The van der Waals surface area contributed by atoms with E-state index < -0.39 is 5.97 Å². The third kappa shape index (κ3) is 2.32. The lowest BCUT2D eigenvalue weighted by molar-refractivity contribution is -0.122. The van der Waals surface area contributed by atoms with E-state index >= 15 is 0 Å². The first-order chi connectivity index (χ1) is 11.2. The van der Waals surface area contributed by atoms with Crippen LogP contribution in [0.3, 0.4) is 0 Å². The van der Waals surface area contributed by atoms with E-state index in [0.29, 0.717) is 11.3 Å². The number of carbonyl (C=O) groups is 2. The van der Waals surface area contributed by atoms with E-state index in [-0.39, 0.29) is 12.3 Å². The zero-order chi connectivity index (χ0) is 15.8. The molecule has 5 heteroatoms. The van der Waals surface area contributed by atoms with Gasteiger partial charge in [-0.3, -0.25) is 9.78 Å². The summed E-state index contributed by atoms with van der Waals surface area (Å²) in [6, 6.07) is 16.0. The second kappa shape index (κ2) is 5.21. The molecule has 0 bridgehead atoms. The average Bonchev–Trinajstić information content (AvgIpc) is 2.90. The van der Waals surface area contributed by atoms with Crippen molar-refractivity contribution in [3.63, 3.8) is 0 Å². The van der Waals surface area contributed by atoms with E-state index in [4.69, 9.17) is 4.84 Å². The fraction of sp³-hybridized carbons (Fsp3) is 0.0556. The molecule has 1 aliphatic rings. The number of nitrogens with zero attached hydrogens (tertiary/aromatic N) is 2. The molecule has 1 amide bonds. The number of carbonyl (C=O) groups excluding carboxylic acids is 2. The van der Waals surface area contributed by atoms with E-state index in [9.17, 15) is 9.59 Å².